The number of alkyl carbamates (subject to hydrolysis) is 1. The van der Waals surface area contributed by atoms with Gasteiger partial charge in [-0.2, -0.15) is 0 Å². The molecule has 1 rings (SSSR count). The summed E-state index contributed by atoms with van der Waals surface area (Å²) in [6, 6.07) is 8.17. The van der Waals surface area contributed by atoms with Crippen molar-refractivity contribution in [3.05, 3.63) is 35.9 Å². The number of carboxylic acid groups (broad SMARTS) is 1. The van der Waals surface area contributed by atoms with E-state index in [-0.39, 0.29) is 25.9 Å². The van der Waals surface area contributed by atoms with Gasteiger partial charge in [-0.3, -0.25) is 4.79 Å². The Hall–Kier alpha value is -2.57. The first-order chi connectivity index (χ1) is 10.5. The number of ether oxygens (including phenoxy) is 2. The fourth-order valence-corrected chi connectivity index (χ4v) is 1.76. The summed E-state index contributed by atoms with van der Waals surface area (Å²) in [5.74, 6) is -1.60. The van der Waals surface area contributed by atoms with E-state index < -0.39 is 24.1 Å². The topological polar surface area (TPSA) is 102 Å². The lowest BCUT2D eigenvalue weighted by Crippen LogP contribution is -2.41. The largest absolute Gasteiger partial charge is 0.481 e. The van der Waals surface area contributed by atoms with Crippen LogP contribution in [-0.2, 0) is 25.7 Å². The zero-order valence-corrected chi connectivity index (χ0v) is 12.3. The van der Waals surface area contributed by atoms with E-state index in [4.69, 9.17) is 9.84 Å². The van der Waals surface area contributed by atoms with Gasteiger partial charge in [-0.15, -0.1) is 0 Å². The fourth-order valence-electron chi connectivity index (χ4n) is 1.76. The van der Waals surface area contributed by atoms with E-state index in [1.54, 1.807) is 12.1 Å². The molecule has 0 aliphatic rings. The molecule has 0 radical (unpaired) electrons. The van der Waals surface area contributed by atoms with Gasteiger partial charge in [0.2, 0.25) is 0 Å². The Morgan fingerprint density at radius 2 is 1.91 bits per heavy atom. The summed E-state index contributed by atoms with van der Waals surface area (Å²) in [5.41, 5.74) is 0.818. The number of benzene rings is 1. The molecule has 2 N–H and O–H groups in total. The van der Waals surface area contributed by atoms with Crippen LogP contribution in [0.4, 0.5) is 4.79 Å². The first-order valence-corrected chi connectivity index (χ1v) is 6.79. The van der Waals surface area contributed by atoms with Crippen LogP contribution in [-0.4, -0.2) is 36.3 Å². The van der Waals surface area contributed by atoms with Gasteiger partial charge in [0.15, 0.2) is 0 Å². The van der Waals surface area contributed by atoms with Gasteiger partial charge in [0.05, 0.1) is 7.11 Å². The van der Waals surface area contributed by atoms with Crippen LogP contribution >= 0.6 is 0 Å². The van der Waals surface area contributed by atoms with Crippen molar-refractivity contribution in [1.82, 2.24) is 5.32 Å². The summed E-state index contributed by atoms with van der Waals surface area (Å²) in [6.45, 7) is 0.0791. The zero-order valence-electron chi connectivity index (χ0n) is 12.3. The molecule has 1 atom stereocenters. The van der Waals surface area contributed by atoms with Crippen LogP contribution in [0, 0.1) is 0 Å². The SMILES string of the molecule is COC(=O)[C@H](CCCC(=O)O)NC(=O)OCc1ccccc1. The van der Waals surface area contributed by atoms with E-state index >= 15 is 0 Å². The van der Waals surface area contributed by atoms with Crippen LogP contribution in [0.25, 0.3) is 0 Å². The van der Waals surface area contributed by atoms with Gasteiger partial charge in [-0.25, -0.2) is 9.59 Å². The number of amides is 1. The van der Waals surface area contributed by atoms with E-state index in [9.17, 15) is 14.4 Å². The Morgan fingerprint density at radius 3 is 2.50 bits per heavy atom. The van der Waals surface area contributed by atoms with Crippen LogP contribution in [0.15, 0.2) is 30.3 Å². The van der Waals surface area contributed by atoms with Gasteiger partial charge in [-0.05, 0) is 18.4 Å². The van der Waals surface area contributed by atoms with Crippen molar-refractivity contribution >= 4 is 18.0 Å². The average molecular weight is 309 g/mol. The molecule has 0 aliphatic carbocycles. The van der Waals surface area contributed by atoms with Gasteiger partial charge in [-0.1, -0.05) is 30.3 Å². The minimum atomic E-state index is -0.963. The van der Waals surface area contributed by atoms with Crippen molar-refractivity contribution in [1.29, 1.82) is 0 Å². The summed E-state index contributed by atoms with van der Waals surface area (Å²) in [4.78, 5) is 33.7. The number of hydrogen-bond donors (Lipinski definition) is 2. The molecule has 0 saturated carbocycles. The number of esters is 1. The van der Waals surface area contributed by atoms with Crippen LogP contribution in [0.2, 0.25) is 0 Å². The number of nitrogens with one attached hydrogen (secondary N) is 1. The molecule has 1 aromatic rings. The molecule has 0 fully saturated rings. The van der Waals surface area contributed by atoms with E-state index in [0.717, 1.165) is 5.56 Å². The number of carboxylic acids is 1. The van der Waals surface area contributed by atoms with E-state index in [1.807, 2.05) is 18.2 Å². The first kappa shape index (κ1) is 17.5. The molecule has 0 unspecified atom stereocenters. The monoisotopic (exact) mass is 309 g/mol. The molecule has 120 valence electrons. The van der Waals surface area contributed by atoms with E-state index in [1.165, 1.54) is 7.11 Å². The normalized spacial score (nSPS) is 11.3. The third-order valence-corrected chi connectivity index (χ3v) is 2.87. The quantitative estimate of drug-likeness (QED) is 0.709. The maximum absolute atomic E-state index is 11.7. The van der Waals surface area contributed by atoms with Crippen molar-refractivity contribution < 1.29 is 29.0 Å². The fraction of sp³-hybridized carbons (Fsp3) is 0.400. The second kappa shape index (κ2) is 9.38. The third-order valence-electron chi connectivity index (χ3n) is 2.87. The maximum atomic E-state index is 11.7. The Balaban J connectivity index is 2.44. The molecule has 0 heterocycles. The predicted octanol–water partition coefficient (Wildman–Crippen LogP) is 1.71. The summed E-state index contributed by atoms with van der Waals surface area (Å²) in [7, 11) is 1.20. The number of carbonyl (C=O) groups is 3. The highest BCUT2D eigenvalue weighted by molar-refractivity contribution is 5.81. The lowest BCUT2D eigenvalue weighted by molar-refractivity contribution is -0.144. The molecule has 0 aliphatic heterocycles. The summed E-state index contributed by atoms with van der Waals surface area (Å²) >= 11 is 0. The molecule has 0 spiro atoms. The van der Waals surface area contributed by atoms with Gasteiger partial charge in [0.1, 0.15) is 12.6 Å². The molecule has 1 amide bonds. The zero-order chi connectivity index (χ0) is 16.4. The Labute approximate surface area is 128 Å². The number of rotatable bonds is 8. The van der Waals surface area contributed by atoms with Gasteiger partial charge in [0, 0.05) is 6.42 Å². The van der Waals surface area contributed by atoms with Crippen molar-refractivity contribution in [3.63, 3.8) is 0 Å². The second-order valence-corrected chi connectivity index (χ2v) is 4.57. The van der Waals surface area contributed by atoms with E-state index in [0.29, 0.717) is 0 Å². The molecule has 7 heteroatoms. The maximum Gasteiger partial charge on any atom is 0.408 e. The van der Waals surface area contributed by atoms with Gasteiger partial charge >= 0.3 is 18.0 Å². The molecular formula is C15H19NO6. The summed E-state index contributed by atoms with van der Waals surface area (Å²) < 4.78 is 9.58. The number of aliphatic carboxylic acids is 1. The van der Waals surface area contributed by atoms with Crippen molar-refractivity contribution in [3.8, 4) is 0 Å². The van der Waals surface area contributed by atoms with Crippen LogP contribution in [0.3, 0.4) is 0 Å². The van der Waals surface area contributed by atoms with Gasteiger partial charge < -0.3 is 19.9 Å². The first-order valence-electron chi connectivity index (χ1n) is 6.79. The van der Waals surface area contributed by atoms with E-state index in [2.05, 4.69) is 10.1 Å². The highest BCUT2D eigenvalue weighted by Crippen LogP contribution is 2.05. The molecule has 7 nitrogen and oxygen atoms in total. The molecule has 0 aromatic heterocycles. The standard InChI is InChI=1S/C15H19NO6/c1-21-14(19)12(8-5-9-13(17)18)16-15(20)22-10-11-6-3-2-4-7-11/h2-4,6-7,12H,5,8-10H2,1H3,(H,16,20)(H,17,18)/t12-/m0/s1. The Morgan fingerprint density at radius 1 is 1.23 bits per heavy atom. The van der Waals surface area contributed by atoms with Crippen LogP contribution in [0.5, 0.6) is 0 Å². The number of methoxy groups -OCH3 is 1. The minimum Gasteiger partial charge on any atom is -0.481 e. The van der Waals surface area contributed by atoms with Crippen LogP contribution in [0.1, 0.15) is 24.8 Å². The third kappa shape index (κ3) is 6.74. The average Bonchev–Trinajstić information content (AvgIpc) is 2.52. The van der Waals surface area contributed by atoms with Crippen molar-refractivity contribution in [2.75, 3.05) is 7.11 Å². The summed E-state index contributed by atoms with van der Waals surface area (Å²) in [6.07, 6.45) is -0.434. The smallest absolute Gasteiger partial charge is 0.408 e. The molecule has 1 aromatic carbocycles. The second-order valence-electron chi connectivity index (χ2n) is 4.57. The minimum absolute atomic E-state index is 0.0791. The summed E-state index contributed by atoms with van der Waals surface area (Å²) in [5, 5.41) is 11.0. The van der Waals surface area contributed by atoms with Crippen LogP contribution < -0.4 is 5.32 Å². The number of carbonyl (C=O) groups excluding carboxylic acids is 2. The van der Waals surface area contributed by atoms with Crippen molar-refractivity contribution in [2.45, 2.75) is 31.9 Å². The number of hydrogen-bond acceptors (Lipinski definition) is 5. The highest BCUT2D eigenvalue weighted by Gasteiger charge is 2.22. The lowest BCUT2D eigenvalue weighted by Gasteiger charge is -2.16. The van der Waals surface area contributed by atoms with Crippen molar-refractivity contribution in [2.24, 2.45) is 0 Å². The molecular weight excluding hydrogens is 290 g/mol. The Kier molecular flexibility index (Phi) is 7.45. The molecule has 22 heavy (non-hydrogen) atoms. The molecule has 0 bridgehead atoms. The molecule has 0 saturated heterocycles. The lowest BCUT2D eigenvalue weighted by atomic mass is 10.1. The Bertz CT molecular complexity index is 502. The predicted molar refractivity (Wildman–Crippen MR) is 77.1 cm³/mol. The highest BCUT2D eigenvalue weighted by atomic mass is 16.6. The van der Waals surface area contributed by atoms with Gasteiger partial charge in [0.25, 0.3) is 0 Å².